The number of ether oxygens (including phenoxy) is 1. The highest BCUT2D eigenvalue weighted by molar-refractivity contribution is 5.91. The van der Waals surface area contributed by atoms with Crippen LogP contribution in [0, 0.1) is 6.92 Å². The zero-order valence-electron chi connectivity index (χ0n) is 14.1. The van der Waals surface area contributed by atoms with Gasteiger partial charge in [-0.05, 0) is 55.0 Å². The van der Waals surface area contributed by atoms with Crippen LogP contribution in [0.25, 0.3) is 11.4 Å². The molecule has 2 aromatic carbocycles. The second-order valence-electron chi connectivity index (χ2n) is 5.46. The van der Waals surface area contributed by atoms with E-state index < -0.39 is 0 Å². The van der Waals surface area contributed by atoms with E-state index in [0.29, 0.717) is 12.4 Å². The normalized spacial score (nSPS) is 10.5. The van der Waals surface area contributed by atoms with E-state index in [9.17, 15) is 4.79 Å². The number of rotatable bonds is 6. The minimum Gasteiger partial charge on any atom is -0.494 e. The zero-order valence-corrected chi connectivity index (χ0v) is 14.1. The van der Waals surface area contributed by atoms with Crippen LogP contribution < -0.4 is 10.1 Å². The first kappa shape index (κ1) is 16.6. The van der Waals surface area contributed by atoms with Crippen molar-refractivity contribution in [1.29, 1.82) is 0 Å². The Balaban J connectivity index is 1.65. The van der Waals surface area contributed by atoms with E-state index in [1.807, 2.05) is 62.4 Å². The standard InChI is InChI=1S/C18H19N5O2/c1-3-25-15-10-8-14(9-11-15)18-20-22-23(21-18)12-17(24)19-16-7-5-4-6-13(16)2/h4-11H,3,12H2,1-2H3,(H,19,24). The van der Waals surface area contributed by atoms with E-state index in [1.54, 1.807) is 0 Å². The Kier molecular flexibility index (Phi) is 5.03. The van der Waals surface area contributed by atoms with Crippen molar-refractivity contribution in [3.63, 3.8) is 0 Å². The van der Waals surface area contributed by atoms with Crippen LogP contribution in [-0.4, -0.2) is 32.7 Å². The fraction of sp³-hybridized carbons (Fsp3) is 0.222. The first-order chi connectivity index (χ1) is 12.2. The molecule has 25 heavy (non-hydrogen) atoms. The summed E-state index contributed by atoms with van der Waals surface area (Å²) < 4.78 is 5.41. The number of aryl methyl sites for hydroxylation is 1. The molecule has 7 nitrogen and oxygen atoms in total. The summed E-state index contributed by atoms with van der Waals surface area (Å²) in [6, 6.07) is 15.0. The van der Waals surface area contributed by atoms with Gasteiger partial charge >= 0.3 is 0 Å². The van der Waals surface area contributed by atoms with Gasteiger partial charge in [-0.1, -0.05) is 18.2 Å². The predicted molar refractivity (Wildman–Crippen MR) is 94.2 cm³/mol. The summed E-state index contributed by atoms with van der Waals surface area (Å²) in [7, 11) is 0. The fourth-order valence-electron chi connectivity index (χ4n) is 2.32. The second-order valence-corrected chi connectivity index (χ2v) is 5.46. The highest BCUT2D eigenvalue weighted by Gasteiger charge is 2.10. The molecule has 128 valence electrons. The van der Waals surface area contributed by atoms with Gasteiger partial charge in [0.25, 0.3) is 0 Å². The number of nitrogens with zero attached hydrogens (tertiary/aromatic N) is 4. The van der Waals surface area contributed by atoms with Crippen LogP contribution in [0.3, 0.4) is 0 Å². The molecule has 7 heteroatoms. The Labute approximate surface area is 145 Å². The van der Waals surface area contributed by atoms with Crippen LogP contribution in [0.15, 0.2) is 48.5 Å². The van der Waals surface area contributed by atoms with Gasteiger partial charge in [0.2, 0.25) is 11.7 Å². The van der Waals surface area contributed by atoms with Crippen molar-refractivity contribution in [2.75, 3.05) is 11.9 Å². The Morgan fingerprint density at radius 3 is 2.64 bits per heavy atom. The number of benzene rings is 2. The number of nitrogens with one attached hydrogen (secondary N) is 1. The predicted octanol–water partition coefficient (Wildman–Crippen LogP) is 2.69. The molecule has 0 saturated carbocycles. The third-order valence-corrected chi connectivity index (χ3v) is 3.58. The number of tetrazole rings is 1. The van der Waals surface area contributed by atoms with Crippen molar-refractivity contribution in [2.24, 2.45) is 0 Å². The van der Waals surface area contributed by atoms with Crippen molar-refractivity contribution in [1.82, 2.24) is 20.2 Å². The van der Waals surface area contributed by atoms with Gasteiger partial charge in [0, 0.05) is 11.3 Å². The summed E-state index contributed by atoms with van der Waals surface area (Å²) in [5, 5.41) is 15.0. The first-order valence-corrected chi connectivity index (χ1v) is 8.02. The maximum Gasteiger partial charge on any atom is 0.248 e. The lowest BCUT2D eigenvalue weighted by atomic mass is 10.2. The highest BCUT2D eigenvalue weighted by Crippen LogP contribution is 2.18. The van der Waals surface area contributed by atoms with Crippen LogP contribution in [0.2, 0.25) is 0 Å². The second kappa shape index (κ2) is 7.57. The van der Waals surface area contributed by atoms with Gasteiger partial charge in [0.1, 0.15) is 12.3 Å². The monoisotopic (exact) mass is 337 g/mol. The molecular formula is C18H19N5O2. The van der Waals surface area contributed by atoms with Crippen LogP contribution in [-0.2, 0) is 11.3 Å². The lowest BCUT2D eigenvalue weighted by molar-refractivity contribution is -0.117. The minimum absolute atomic E-state index is 0.00162. The molecule has 1 heterocycles. The smallest absolute Gasteiger partial charge is 0.248 e. The summed E-state index contributed by atoms with van der Waals surface area (Å²) in [4.78, 5) is 13.4. The zero-order chi connectivity index (χ0) is 17.6. The fourth-order valence-corrected chi connectivity index (χ4v) is 2.32. The number of aromatic nitrogens is 4. The van der Waals surface area contributed by atoms with E-state index in [4.69, 9.17) is 4.74 Å². The van der Waals surface area contributed by atoms with Crippen molar-refractivity contribution < 1.29 is 9.53 Å². The summed E-state index contributed by atoms with van der Waals surface area (Å²) in [6.07, 6.45) is 0. The SMILES string of the molecule is CCOc1ccc(-c2nnn(CC(=O)Nc3ccccc3C)n2)cc1. The van der Waals surface area contributed by atoms with Gasteiger partial charge in [-0.15, -0.1) is 10.2 Å². The molecule has 3 rings (SSSR count). The summed E-state index contributed by atoms with van der Waals surface area (Å²) in [6.45, 7) is 4.48. The summed E-state index contributed by atoms with van der Waals surface area (Å²) >= 11 is 0. The van der Waals surface area contributed by atoms with Crippen molar-refractivity contribution in [3.8, 4) is 17.1 Å². The van der Waals surface area contributed by atoms with Gasteiger partial charge < -0.3 is 10.1 Å². The quantitative estimate of drug-likeness (QED) is 0.748. The maximum atomic E-state index is 12.1. The van der Waals surface area contributed by atoms with Crippen LogP contribution in [0.5, 0.6) is 5.75 Å². The topological polar surface area (TPSA) is 81.9 Å². The molecule has 0 radical (unpaired) electrons. The van der Waals surface area contributed by atoms with E-state index in [0.717, 1.165) is 22.6 Å². The van der Waals surface area contributed by atoms with Crippen LogP contribution in [0.1, 0.15) is 12.5 Å². The number of amides is 1. The van der Waals surface area contributed by atoms with Crippen molar-refractivity contribution >= 4 is 11.6 Å². The number of hydrogen-bond donors (Lipinski definition) is 1. The lowest BCUT2D eigenvalue weighted by Gasteiger charge is -2.07. The lowest BCUT2D eigenvalue weighted by Crippen LogP contribution is -2.20. The van der Waals surface area contributed by atoms with E-state index in [1.165, 1.54) is 4.80 Å². The molecule has 0 atom stereocenters. The number of carbonyl (C=O) groups excluding carboxylic acids is 1. The third-order valence-electron chi connectivity index (χ3n) is 3.58. The van der Waals surface area contributed by atoms with Gasteiger partial charge in [0.05, 0.1) is 6.61 Å². The molecule has 0 spiro atoms. The molecule has 1 N–H and O–H groups in total. The Bertz CT molecular complexity index is 858. The molecule has 1 aromatic heterocycles. The number of hydrogen-bond acceptors (Lipinski definition) is 5. The molecule has 0 fully saturated rings. The molecule has 0 bridgehead atoms. The molecule has 3 aromatic rings. The Hall–Kier alpha value is -3.22. The molecule has 0 saturated heterocycles. The average Bonchev–Trinajstić information content (AvgIpc) is 3.06. The third kappa shape index (κ3) is 4.20. The molecule has 0 aliphatic heterocycles. The van der Waals surface area contributed by atoms with E-state index in [2.05, 4.69) is 20.7 Å². The Morgan fingerprint density at radius 1 is 1.16 bits per heavy atom. The maximum absolute atomic E-state index is 12.1. The minimum atomic E-state index is -0.204. The van der Waals surface area contributed by atoms with E-state index in [-0.39, 0.29) is 12.5 Å². The molecule has 0 unspecified atom stereocenters. The van der Waals surface area contributed by atoms with E-state index >= 15 is 0 Å². The average molecular weight is 337 g/mol. The molecule has 0 aliphatic rings. The molecular weight excluding hydrogens is 318 g/mol. The number of anilines is 1. The first-order valence-electron chi connectivity index (χ1n) is 8.02. The van der Waals surface area contributed by atoms with Gasteiger partial charge in [0.15, 0.2) is 0 Å². The number of carbonyl (C=O) groups is 1. The van der Waals surface area contributed by atoms with Crippen molar-refractivity contribution in [2.45, 2.75) is 20.4 Å². The summed E-state index contributed by atoms with van der Waals surface area (Å²) in [5.41, 5.74) is 2.59. The van der Waals surface area contributed by atoms with Crippen LogP contribution >= 0.6 is 0 Å². The Morgan fingerprint density at radius 2 is 1.92 bits per heavy atom. The number of para-hydroxylation sites is 1. The summed E-state index contributed by atoms with van der Waals surface area (Å²) in [5.74, 6) is 1.05. The molecule has 1 amide bonds. The highest BCUT2D eigenvalue weighted by atomic mass is 16.5. The molecule has 0 aliphatic carbocycles. The van der Waals surface area contributed by atoms with Crippen molar-refractivity contribution in [3.05, 3.63) is 54.1 Å². The van der Waals surface area contributed by atoms with Gasteiger partial charge in [-0.25, -0.2) is 0 Å². The van der Waals surface area contributed by atoms with Gasteiger partial charge in [-0.2, -0.15) is 4.80 Å². The largest absolute Gasteiger partial charge is 0.494 e. The van der Waals surface area contributed by atoms with Crippen LogP contribution in [0.4, 0.5) is 5.69 Å². The van der Waals surface area contributed by atoms with Gasteiger partial charge in [-0.3, -0.25) is 4.79 Å².